The Morgan fingerprint density at radius 3 is 2.56 bits per heavy atom. The summed E-state index contributed by atoms with van der Waals surface area (Å²) in [6.07, 6.45) is 9.08. The monoisotopic (exact) mass is 435 g/mol. The lowest BCUT2D eigenvalue weighted by Gasteiger charge is -2.28. The minimum absolute atomic E-state index is 0.185. The Bertz CT molecular complexity index is 1060. The van der Waals surface area contributed by atoms with Gasteiger partial charge in [-0.3, -0.25) is 9.69 Å². The summed E-state index contributed by atoms with van der Waals surface area (Å²) in [5, 5.41) is 9.72. The Hall–Kier alpha value is -2.67. The van der Waals surface area contributed by atoms with Gasteiger partial charge in [0.25, 0.3) is 0 Å². The molecular formula is C25H33N5O2. The molecule has 2 aliphatic heterocycles. The molecule has 170 valence electrons. The second-order valence-corrected chi connectivity index (χ2v) is 9.44. The Morgan fingerprint density at radius 2 is 1.78 bits per heavy atom. The van der Waals surface area contributed by atoms with Crippen LogP contribution in [0.5, 0.6) is 0 Å². The van der Waals surface area contributed by atoms with Gasteiger partial charge in [-0.1, -0.05) is 38.0 Å². The first kappa shape index (κ1) is 21.2. The molecule has 0 atom stereocenters. The van der Waals surface area contributed by atoms with E-state index in [1.165, 1.54) is 25.7 Å². The third kappa shape index (κ3) is 4.58. The normalized spacial score (nSPS) is 18.8. The number of hydrogen-bond donors (Lipinski definition) is 0. The summed E-state index contributed by atoms with van der Waals surface area (Å²) in [6, 6.07) is 8.14. The van der Waals surface area contributed by atoms with Crippen LogP contribution in [0.3, 0.4) is 0 Å². The van der Waals surface area contributed by atoms with Crippen molar-refractivity contribution < 1.29 is 9.21 Å². The number of aromatic nitrogens is 3. The van der Waals surface area contributed by atoms with Crippen molar-refractivity contribution in [3.05, 3.63) is 36.4 Å². The van der Waals surface area contributed by atoms with E-state index in [9.17, 15) is 4.79 Å². The van der Waals surface area contributed by atoms with E-state index in [1.54, 1.807) is 0 Å². The van der Waals surface area contributed by atoms with Crippen LogP contribution < -0.4 is 0 Å². The fraction of sp³-hybridized carbons (Fsp3) is 0.560. The molecule has 7 heteroatoms. The van der Waals surface area contributed by atoms with Crippen molar-refractivity contribution in [2.24, 2.45) is 5.92 Å². The molecule has 0 radical (unpaired) electrons. The standard InChI is InChI=1S/C25H33N5O2/c1-19-10-14-28(15-11-19)17-23-26-27-25(32-23)21-16-30(22-9-5-4-8-20(21)22)18-24(31)29-12-6-2-3-7-13-29/h4-5,8-9,16,19H,2-3,6-7,10-15,17-18H2,1H3. The van der Waals surface area contributed by atoms with E-state index in [2.05, 4.69) is 34.2 Å². The first-order valence-electron chi connectivity index (χ1n) is 12.1. The summed E-state index contributed by atoms with van der Waals surface area (Å²) >= 11 is 0. The van der Waals surface area contributed by atoms with E-state index in [1.807, 2.05) is 27.8 Å². The van der Waals surface area contributed by atoms with Crippen LogP contribution in [-0.4, -0.2) is 56.7 Å². The van der Waals surface area contributed by atoms with Gasteiger partial charge in [-0.2, -0.15) is 0 Å². The minimum Gasteiger partial charge on any atom is -0.419 e. The quantitative estimate of drug-likeness (QED) is 0.597. The van der Waals surface area contributed by atoms with Gasteiger partial charge in [-0.05, 0) is 50.8 Å². The van der Waals surface area contributed by atoms with Crippen LogP contribution in [0.2, 0.25) is 0 Å². The smallest absolute Gasteiger partial charge is 0.249 e. The average molecular weight is 436 g/mol. The highest BCUT2D eigenvalue weighted by Crippen LogP contribution is 2.30. The van der Waals surface area contributed by atoms with Gasteiger partial charge in [-0.25, -0.2) is 0 Å². The average Bonchev–Trinajstić information content (AvgIpc) is 3.29. The van der Waals surface area contributed by atoms with Gasteiger partial charge in [0.15, 0.2) is 0 Å². The Labute approximate surface area is 189 Å². The molecule has 2 aromatic heterocycles. The van der Waals surface area contributed by atoms with Gasteiger partial charge in [0.1, 0.15) is 6.54 Å². The molecule has 2 saturated heterocycles. The molecule has 0 N–H and O–H groups in total. The molecule has 1 aromatic carbocycles. The lowest BCUT2D eigenvalue weighted by Crippen LogP contribution is -2.34. The highest BCUT2D eigenvalue weighted by atomic mass is 16.4. The zero-order chi connectivity index (χ0) is 21.9. The summed E-state index contributed by atoms with van der Waals surface area (Å²) in [4.78, 5) is 17.4. The van der Waals surface area contributed by atoms with Crippen LogP contribution in [0.15, 0.2) is 34.9 Å². The first-order chi connectivity index (χ1) is 15.7. The van der Waals surface area contributed by atoms with Gasteiger partial charge in [0.05, 0.1) is 12.1 Å². The van der Waals surface area contributed by atoms with Crippen LogP contribution >= 0.6 is 0 Å². The molecule has 3 aromatic rings. The van der Waals surface area contributed by atoms with E-state index in [0.717, 1.165) is 61.4 Å². The zero-order valence-corrected chi connectivity index (χ0v) is 19.0. The van der Waals surface area contributed by atoms with Crippen LogP contribution in [0.25, 0.3) is 22.4 Å². The molecule has 0 bridgehead atoms. The van der Waals surface area contributed by atoms with Gasteiger partial charge >= 0.3 is 0 Å². The highest BCUT2D eigenvalue weighted by Gasteiger charge is 2.22. The number of benzene rings is 1. The van der Waals surface area contributed by atoms with Crippen molar-refractivity contribution >= 4 is 16.8 Å². The fourth-order valence-electron chi connectivity index (χ4n) is 4.95. The molecule has 2 aliphatic rings. The highest BCUT2D eigenvalue weighted by molar-refractivity contribution is 5.94. The van der Waals surface area contributed by atoms with E-state index in [-0.39, 0.29) is 5.91 Å². The maximum atomic E-state index is 13.0. The second kappa shape index (κ2) is 9.45. The molecule has 0 saturated carbocycles. The second-order valence-electron chi connectivity index (χ2n) is 9.44. The van der Waals surface area contributed by atoms with Crippen molar-refractivity contribution in [1.82, 2.24) is 24.6 Å². The van der Waals surface area contributed by atoms with Crippen LogP contribution in [0.4, 0.5) is 0 Å². The number of carbonyl (C=O) groups excluding carboxylic acids is 1. The third-order valence-corrected chi connectivity index (χ3v) is 6.99. The Balaban J connectivity index is 1.36. The SMILES string of the molecule is CC1CCN(Cc2nnc(-c3cn(CC(=O)N4CCCCCC4)c4ccccc34)o2)CC1. The molecule has 2 fully saturated rings. The van der Waals surface area contributed by atoms with Crippen LogP contribution in [-0.2, 0) is 17.9 Å². The van der Waals surface area contributed by atoms with Crippen molar-refractivity contribution in [3.63, 3.8) is 0 Å². The fourth-order valence-corrected chi connectivity index (χ4v) is 4.95. The summed E-state index contributed by atoms with van der Waals surface area (Å²) in [5.74, 6) is 2.17. The minimum atomic E-state index is 0.185. The van der Waals surface area contributed by atoms with Gasteiger partial charge in [0.2, 0.25) is 17.7 Å². The van der Waals surface area contributed by atoms with E-state index < -0.39 is 0 Å². The third-order valence-electron chi connectivity index (χ3n) is 6.99. The van der Waals surface area contributed by atoms with Crippen LogP contribution in [0, 0.1) is 5.92 Å². The number of amides is 1. The summed E-state index contributed by atoms with van der Waals surface area (Å²) in [6.45, 7) is 7.25. The van der Waals surface area contributed by atoms with Gasteiger partial charge < -0.3 is 13.9 Å². The number of para-hydroxylation sites is 1. The maximum Gasteiger partial charge on any atom is 0.249 e. The molecular weight excluding hydrogens is 402 g/mol. The predicted octanol–water partition coefficient (Wildman–Crippen LogP) is 4.33. The number of piperidine rings is 1. The maximum absolute atomic E-state index is 13.0. The number of likely N-dealkylation sites (tertiary alicyclic amines) is 2. The molecule has 4 heterocycles. The molecule has 5 rings (SSSR count). The zero-order valence-electron chi connectivity index (χ0n) is 19.0. The number of carbonyl (C=O) groups is 1. The Morgan fingerprint density at radius 1 is 1.03 bits per heavy atom. The predicted molar refractivity (Wildman–Crippen MR) is 124 cm³/mol. The van der Waals surface area contributed by atoms with E-state index in [0.29, 0.717) is 24.9 Å². The summed E-state index contributed by atoms with van der Waals surface area (Å²) in [5.41, 5.74) is 1.92. The Kier molecular flexibility index (Phi) is 6.26. The van der Waals surface area contributed by atoms with Crippen molar-refractivity contribution in [2.75, 3.05) is 26.2 Å². The topological polar surface area (TPSA) is 67.4 Å². The lowest BCUT2D eigenvalue weighted by atomic mass is 9.99. The van der Waals surface area contributed by atoms with Crippen molar-refractivity contribution in [1.29, 1.82) is 0 Å². The lowest BCUT2D eigenvalue weighted by molar-refractivity contribution is -0.131. The van der Waals surface area contributed by atoms with Gasteiger partial charge in [0, 0.05) is 30.2 Å². The van der Waals surface area contributed by atoms with E-state index >= 15 is 0 Å². The molecule has 0 unspecified atom stereocenters. The molecule has 32 heavy (non-hydrogen) atoms. The summed E-state index contributed by atoms with van der Waals surface area (Å²) in [7, 11) is 0. The van der Waals surface area contributed by atoms with Crippen LogP contribution in [0.1, 0.15) is 51.3 Å². The molecule has 0 aliphatic carbocycles. The number of rotatable bonds is 5. The van der Waals surface area contributed by atoms with E-state index in [4.69, 9.17) is 4.42 Å². The summed E-state index contributed by atoms with van der Waals surface area (Å²) < 4.78 is 8.12. The molecule has 7 nitrogen and oxygen atoms in total. The van der Waals surface area contributed by atoms with Crippen molar-refractivity contribution in [2.45, 2.75) is 58.5 Å². The largest absolute Gasteiger partial charge is 0.419 e. The molecule has 0 spiro atoms. The number of hydrogen-bond acceptors (Lipinski definition) is 5. The van der Waals surface area contributed by atoms with Crippen molar-refractivity contribution in [3.8, 4) is 11.5 Å². The number of fused-ring (bicyclic) bond motifs is 1. The molecule has 1 amide bonds. The number of nitrogens with zero attached hydrogens (tertiary/aromatic N) is 5. The van der Waals surface area contributed by atoms with Gasteiger partial charge in [-0.15, -0.1) is 10.2 Å². The first-order valence-corrected chi connectivity index (χ1v) is 12.1.